The normalized spacial score (nSPS) is 14.5. The monoisotopic (exact) mass is 310 g/mol. The zero-order chi connectivity index (χ0) is 16.8. The van der Waals surface area contributed by atoms with Crippen molar-refractivity contribution in [2.75, 3.05) is 23.3 Å². The van der Waals surface area contributed by atoms with Gasteiger partial charge in [0.25, 0.3) is 0 Å². The molecule has 1 saturated heterocycles. The Morgan fingerprint density at radius 3 is 2.57 bits per heavy atom. The van der Waals surface area contributed by atoms with Crippen molar-refractivity contribution in [3.8, 4) is 12.1 Å². The summed E-state index contributed by atoms with van der Waals surface area (Å²) >= 11 is 0. The van der Waals surface area contributed by atoms with Crippen molar-refractivity contribution in [1.29, 1.82) is 10.5 Å². The van der Waals surface area contributed by atoms with Gasteiger partial charge in [-0.25, -0.2) is 4.79 Å². The number of carbonyl (C=O) groups is 1. The molecule has 1 aromatic rings. The fourth-order valence-electron chi connectivity index (χ4n) is 2.55. The molecule has 1 fully saturated rings. The van der Waals surface area contributed by atoms with Gasteiger partial charge in [-0.05, 0) is 37.0 Å². The molecule has 0 bridgehead atoms. The van der Waals surface area contributed by atoms with Gasteiger partial charge in [-0.1, -0.05) is 6.92 Å². The topological polar surface area (TPSA) is 100 Å². The van der Waals surface area contributed by atoms with E-state index in [2.05, 4.69) is 17.1 Å². The van der Waals surface area contributed by atoms with Gasteiger partial charge in [0.1, 0.15) is 17.7 Å². The molecule has 0 saturated carbocycles. The molecule has 1 heterocycles. The summed E-state index contributed by atoms with van der Waals surface area (Å²) in [6.07, 6.45) is 3.46. The molecule has 1 aromatic carbocycles. The van der Waals surface area contributed by atoms with E-state index in [0.717, 1.165) is 31.6 Å². The molecule has 0 unspecified atom stereocenters. The molecule has 118 valence electrons. The maximum atomic E-state index is 11.2. The molecule has 1 aliphatic heterocycles. The zero-order valence-electron chi connectivity index (χ0n) is 12.9. The molecule has 2 rings (SSSR count). The van der Waals surface area contributed by atoms with E-state index in [-0.39, 0.29) is 11.1 Å². The van der Waals surface area contributed by atoms with Crippen LogP contribution < -0.4 is 10.2 Å². The number of allylic oxidation sites excluding steroid dienone is 1. The average Bonchev–Trinajstić information content (AvgIpc) is 2.56. The summed E-state index contributed by atoms with van der Waals surface area (Å²) in [5, 5.41) is 29.7. The van der Waals surface area contributed by atoms with Crippen LogP contribution in [0.25, 0.3) is 0 Å². The lowest BCUT2D eigenvalue weighted by Crippen LogP contribution is -2.33. The third kappa shape index (κ3) is 4.02. The number of benzene rings is 1. The first kappa shape index (κ1) is 16.4. The molecule has 6 heteroatoms. The molecule has 0 aliphatic carbocycles. The minimum absolute atomic E-state index is 0.0658. The van der Waals surface area contributed by atoms with Gasteiger partial charge in [-0.15, -0.1) is 0 Å². The Balaban J connectivity index is 2.34. The average molecular weight is 310 g/mol. The second-order valence-corrected chi connectivity index (χ2v) is 5.63. The van der Waals surface area contributed by atoms with Gasteiger partial charge in [0, 0.05) is 19.3 Å². The number of piperidine rings is 1. The summed E-state index contributed by atoms with van der Waals surface area (Å²) in [5.74, 6) is -0.332. The Hall–Kier alpha value is -2.99. The summed E-state index contributed by atoms with van der Waals surface area (Å²) in [4.78, 5) is 13.4. The lowest BCUT2D eigenvalue weighted by molar-refractivity contribution is 0.0697. The number of carboxylic acid groups (broad SMARTS) is 1. The van der Waals surface area contributed by atoms with E-state index in [0.29, 0.717) is 11.6 Å². The van der Waals surface area contributed by atoms with Gasteiger partial charge >= 0.3 is 5.97 Å². The number of carboxylic acids is 1. The first-order chi connectivity index (χ1) is 11.0. The van der Waals surface area contributed by atoms with Crippen LogP contribution >= 0.6 is 0 Å². The predicted octanol–water partition coefficient (Wildman–Crippen LogP) is 2.96. The number of nitrogens with zero attached hydrogens (tertiary/aromatic N) is 3. The highest BCUT2D eigenvalue weighted by atomic mass is 16.4. The molecule has 1 aliphatic rings. The Bertz CT molecular complexity index is 688. The summed E-state index contributed by atoms with van der Waals surface area (Å²) in [5.41, 5.74) is 1.56. The summed E-state index contributed by atoms with van der Waals surface area (Å²) in [6.45, 7) is 4.02. The smallest absolute Gasteiger partial charge is 0.335 e. The number of nitriles is 2. The molecule has 0 amide bonds. The number of rotatable bonds is 4. The lowest BCUT2D eigenvalue weighted by atomic mass is 9.98. The summed E-state index contributed by atoms with van der Waals surface area (Å²) < 4.78 is 0. The minimum Gasteiger partial charge on any atom is -0.478 e. The van der Waals surface area contributed by atoms with Crippen LogP contribution in [0.2, 0.25) is 0 Å². The number of aromatic carboxylic acids is 1. The molecular formula is C17H18N4O2. The number of hydrogen-bond donors (Lipinski definition) is 2. The van der Waals surface area contributed by atoms with E-state index in [1.54, 1.807) is 24.3 Å². The van der Waals surface area contributed by atoms with Gasteiger partial charge in [-0.2, -0.15) is 10.5 Å². The molecule has 0 aromatic heterocycles. The van der Waals surface area contributed by atoms with Gasteiger partial charge < -0.3 is 15.3 Å². The van der Waals surface area contributed by atoms with Gasteiger partial charge in [-0.3, -0.25) is 0 Å². The SMILES string of the molecule is CC1CCN(c2ccc(C(=O)O)cc2NC=C(C#N)C#N)CC1. The standard InChI is InChI=1S/C17H18N4O2/c1-12-4-6-21(7-5-12)16-3-2-14(17(22)23)8-15(16)20-11-13(9-18)10-19/h2-3,8,11-12,20H,4-7H2,1H3,(H,22,23). The molecule has 0 spiro atoms. The van der Waals surface area contributed by atoms with Crippen molar-refractivity contribution in [3.63, 3.8) is 0 Å². The van der Waals surface area contributed by atoms with Crippen molar-refractivity contribution in [2.24, 2.45) is 5.92 Å². The van der Waals surface area contributed by atoms with Gasteiger partial charge in [0.05, 0.1) is 16.9 Å². The highest BCUT2D eigenvalue weighted by Gasteiger charge is 2.19. The van der Waals surface area contributed by atoms with E-state index < -0.39 is 5.97 Å². The third-order valence-corrected chi connectivity index (χ3v) is 3.98. The van der Waals surface area contributed by atoms with Crippen LogP contribution in [0.1, 0.15) is 30.1 Å². The second kappa shape index (κ2) is 7.33. The molecule has 0 atom stereocenters. The Morgan fingerprint density at radius 1 is 1.35 bits per heavy atom. The van der Waals surface area contributed by atoms with Crippen molar-refractivity contribution < 1.29 is 9.90 Å². The van der Waals surface area contributed by atoms with Crippen LogP contribution in [0.5, 0.6) is 0 Å². The van der Waals surface area contributed by atoms with Crippen molar-refractivity contribution >= 4 is 17.3 Å². The largest absolute Gasteiger partial charge is 0.478 e. The fraction of sp³-hybridized carbons (Fsp3) is 0.353. The molecule has 23 heavy (non-hydrogen) atoms. The number of hydrogen-bond acceptors (Lipinski definition) is 5. The first-order valence-corrected chi connectivity index (χ1v) is 7.44. The molecular weight excluding hydrogens is 292 g/mol. The van der Waals surface area contributed by atoms with Crippen molar-refractivity contribution in [2.45, 2.75) is 19.8 Å². The summed E-state index contributed by atoms with van der Waals surface area (Å²) in [7, 11) is 0. The van der Waals surface area contributed by atoms with Crippen LogP contribution in [-0.4, -0.2) is 24.2 Å². The van der Waals surface area contributed by atoms with Gasteiger partial charge in [0.2, 0.25) is 0 Å². The maximum absolute atomic E-state index is 11.2. The lowest BCUT2D eigenvalue weighted by Gasteiger charge is -2.33. The Kier molecular flexibility index (Phi) is 5.22. The van der Waals surface area contributed by atoms with E-state index in [1.165, 1.54) is 12.3 Å². The van der Waals surface area contributed by atoms with E-state index >= 15 is 0 Å². The van der Waals surface area contributed by atoms with Crippen molar-refractivity contribution in [3.05, 3.63) is 35.5 Å². The van der Waals surface area contributed by atoms with E-state index in [1.807, 2.05) is 0 Å². The second-order valence-electron chi connectivity index (χ2n) is 5.63. The maximum Gasteiger partial charge on any atom is 0.335 e. The summed E-state index contributed by atoms with van der Waals surface area (Å²) in [6, 6.07) is 8.41. The predicted molar refractivity (Wildman–Crippen MR) is 86.9 cm³/mol. The van der Waals surface area contributed by atoms with Crippen molar-refractivity contribution in [1.82, 2.24) is 0 Å². The molecule has 0 radical (unpaired) electrons. The van der Waals surface area contributed by atoms with Crippen LogP contribution in [0.15, 0.2) is 30.0 Å². The molecule has 6 nitrogen and oxygen atoms in total. The number of anilines is 2. The quantitative estimate of drug-likeness (QED) is 0.829. The third-order valence-electron chi connectivity index (χ3n) is 3.98. The Labute approximate surface area is 135 Å². The molecule has 2 N–H and O–H groups in total. The van der Waals surface area contributed by atoms with Crippen LogP contribution in [0.4, 0.5) is 11.4 Å². The fourth-order valence-corrected chi connectivity index (χ4v) is 2.55. The number of nitrogens with one attached hydrogen (secondary N) is 1. The first-order valence-electron chi connectivity index (χ1n) is 7.44. The van der Waals surface area contributed by atoms with E-state index in [4.69, 9.17) is 15.6 Å². The highest BCUT2D eigenvalue weighted by Crippen LogP contribution is 2.31. The minimum atomic E-state index is -1.02. The highest BCUT2D eigenvalue weighted by molar-refractivity contribution is 5.91. The van der Waals surface area contributed by atoms with E-state index in [9.17, 15) is 4.79 Å². The van der Waals surface area contributed by atoms with Crippen LogP contribution in [0, 0.1) is 28.6 Å². The zero-order valence-corrected chi connectivity index (χ0v) is 12.9. The van der Waals surface area contributed by atoms with Gasteiger partial charge in [0.15, 0.2) is 0 Å². The van der Waals surface area contributed by atoms with Crippen LogP contribution in [-0.2, 0) is 0 Å². The Morgan fingerprint density at radius 2 is 2.00 bits per heavy atom. The van der Waals surface area contributed by atoms with Crippen LogP contribution in [0.3, 0.4) is 0 Å².